The molecule has 0 unspecified atom stereocenters. The summed E-state index contributed by atoms with van der Waals surface area (Å²) in [7, 11) is 1.99. The minimum Gasteiger partial charge on any atom is -0.320 e. The van der Waals surface area contributed by atoms with Crippen LogP contribution in [0.15, 0.2) is 30.8 Å². The summed E-state index contributed by atoms with van der Waals surface area (Å²) in [6.07, 6.45) is 4.24. The van der Waals surface area contributed by atoms with Gasteiger partial charge in [-0.1, -0.05) is 36.9 Å². The molecule has 1 nitrogen and oxygen atoms in total. The van der Waals surface area contributed by atoms with Crippen molar-refractivity contribution in [3.63, 3.8) is 0 Å². The van der Waals surface area contributed by atoms with Crippen LogP contribution in [0.25, 0.3) is 6.08 Å². The third-order valence-corrected chi connectivity index (χ3v) is 2.15. The molecule has 70 valence electrons. The summed E-state index contributed by atoms with van der Waals surface area (Å²) in [6, 6.07) is 8.43. The van der Waals surface area contributed by atoms with E-state index in [0.717, 1.165) is 13.0 Å². The molecule has 0 aromatic heterocycles. The van der Waals surface area contributed by atoms with Crippen LogP contribution in [0.3, 0.4) is 0 Å². The van der Waals surface area contributed by atoms with Gasteiger partial charge < -0.3 is 5.32 Å². The molecule has 1 heteroatoms. The molecule has 0 aliphatic rings. The molecular weight excluding hydrogens is 158 g/mol. The molecule has 1 aromatic carbocycles. The van der Waals surface area contributed by atoms with E-state index in [1.165, 1.54) is 17.5 Å². The topological polar surface area (TPSA) is 12.0 Å². The Morgan fingerprint density at radius 3 is 2.85 bits per heavy atom. The van der Waals surface area contributed by atoms with E-state index in [0.29, 0.717) is 0 Å². The fraction of sp³-hybridized carbons (Fsp3) is 0.333. The summed E-state index contributed by atoms with van der Waals surface area (Å²) in [5, 5.41) is 3.15. The van der Waals surface area contributed by atoms with Crippen molar-refractivity contribution >= 4 is 6.08 Å². The van der Waals surface area contributed by atoms with Gasteiger partial charge in [-0.3, -0.25) is 0 Å². The van der Waals surface area contributed by atoms with Crippen LogP contribution < -0.4 is 5.32 Å². The van der Waals surface area contributed by atoms with Gasteiger partial charge >= 0.3 is 0 Å². The van der Waals surface area contributed by atoms with Gasteiger partial charge in [-0.2, -0.15) is 0 Å². The van der Waals surface area contributed by atoms with Crippen molar-refractivity contribution in [1.82, 2.24) is 5.32 Å². The van der Waals surface area contributed by atoms with Crippen molar-refractivity contribution in [3.8, 4) is 0 Å². The van der Waals surface area contributed by atoms with Gasteiger partial charge in [-0.05, 0) is 37.6 Å². The molecule has 0 spiro atoms. The maximum absolute atomic E-state index is 3.80. The van der Waals surface area contributed by atoms with Crippen LogP contribution in [-0.4, -0.2) is 13.6 Å². The van der Waals surface area contributed by atoms with Crippen molar-refractivity contribution in [2.75, 3.05) is 13.6 Å². The standard InChI is InChI=1S/C12H17N/c1-3-11-7-4-5-8-12(11)9-6-10-13-2/h3-5,7-8,13H,1,6,9-10H2,2H3. The highest BCUT2D eigenvalue weighted by molar-refractivity contribution is 5.51. The number of rotatable bonds is 5. The molecule has 1 aromatic rings. The summed E-state index contributed by atoms with van der Waals surface area (Å²) in [5.41, 5.74) is 2.66. The molecule has 0 heterocycles. The first-order valence-electron chi connectivity index (χ1n) is 4.73. The quantitative estimate of drug-likeness (QED) is 0.678. The largest absolute Gasteiger partial charge is 0.320 e. The number of benzene rings is 1. The number of nitrogens with one attached hydrogen (secondary N) is 1. The smallest absolute Gasteiger partial charge is 0.00487 e. The number of aryl methyl sites for hydroxylation is 1. The highest BCUT2D eigenvalue weighted by Gasteiger charge is 1.96. The summed E-state index contributed by atoms with van der Waals surface area (Å²) in [4.78, 5) is 0. The Morgan fingerprint density at radius 1 is 1.38 bits per heavy atom. The van der Waals surface area contributed by atoms with Gasteiger partial charge in [-0.15, -0.1) is 0 Å². The molecule has 0 amide bonds. The van der Waals surface area contributed by atoms with E-state index in [2.05, 4.69) is 36.2 Å². The van der Waals surface area contributed by atoms with Crippen LogP contribution >= 0.6 is 0 Å². The van der Waals surface area contributed by atoms with Gasteiger partial charge in [-0.25, -0.2) is 0 Å². The molecule has 13 heavy (non-hydrogen) atoms. The zero-order chi connectivity index (χ0) is 9.52. The van der Waals surface area contributed by atoms with E-state index in [4.69, 9.17) is 0 Å². The zero-order valence-corrected chi connectivity index (χ0v) is 8.22. The predicted octanol–water partition coefficient (Wildman–Crippen LogP) is 2.48. The number of hydrogen-bond donors (Lipinski definition) is 1. The Labute approximate surface area is 80.5 Å². The fourth-order valence-corrected chi connectivity index (χ4v) is 1.42. The van der Waals surface area contributed by atoms with Gasteiger partial charge in [0, 0.05) is 0 Å². The first-order valence-corrected chi connectivity index (χ1v) is 4.73. The fourth-order valence-electron chi connectivity index (χ4n) is 1.42. The second kappa shape index (κ2) is 5.55. The van der Waals surface area contributed by atoms with Crippen molar-refractivity contribution in [1.29, 1.82) is 0 Å². The third-order valence-electron chi connectivity index (χ3n) is 2.15. The van der Waals surface area contributed by atoms with E-state index < -0.39 is 0 Å². The van der Waals surface area contributed by atoms with Crippen molar-refractivity contribution in [3.05, 3.63) is 42.0 Å². The Kier molecular flexibility index (Phi) is 4.27. The van der Waals surface area contributed by atoms with Gasteiger partial charge in [0.1, 0.15) is 0 Å². The van der Waals surface area contributed by atoms with Crippen LogP contribution in [-0.2, 0) is 6.42 Å². The van der Waals surface area contributed by atoms with Crippen LogP contribution in [0.5, 0.6) is 0 Å². The Bertz CT molecular complexity index is 266. The average Bonchev–Trinajstić information content (AvgIpc) is 2.19. The monoisotopic (exact) mass is 175 g/mol. The predicted molar refractivity (Wildman–Crippen MR) is 58.8 cm³/mol. The Hall–Kier alpha value is -1.08. The first-order chi connectivity index (χ1) is 6.38. The van der Waals surface area contributed by atoms with Crippen molar-refractivity contribution in [2.24, 2.45) is 0 Å². The van der Waals surface area contributed by atoms with Crippen LogP contribution in [0, 0.1) is 0 Å². The Morgan fingerprint density at radius 2 is 2.15 bits per heavy atom. The summed E-state index contributed by atoms with van der Waals surface area (Å²) in [5.74, 6) is 0. The SMILES string of the molecule is C=Cc1ccccc1CCCNC. The molecule has 0 bridgehead atoms. The normalized spacial score (nSPS) is 9.92. The van der Waals surface area contributed by atoms with Gasteiger partial charge in [0.25, 0.3) is 0 Å². The van der Waals surface area contributed by atoms with E-state index in [-0.39, 0.29) is 0 Å². The summed E-state index contributed by atoms with van der Waals surface area (Å²) in [6.45, 7) is 4.88. The maximum Gasteiger partial charge on any atom is -0.00487 e. The molecule has 0 aliphatic heterocycles. The lowest BCUT2D eigenvalue weighted by Gasteiger charge is -2.04. The molecule has 1 N–H and O–H groups in total. The van der Waals surface area contributed by atoms with Gasteiger partial charge in [0.2, 0.25) is 0 Å². The minimum absolute atomic E-state index is 1.07. The zero-order valence-electron chi connectivity index (χ0n) is 8.22. The third kappa shape index (κ3) is 3.03. The highest BCUT2D eigenvalue weighted by atomic mass is 14.8. The second-order valence-electron chi connectivity index (χ2n) is 3.11. The molecule has 0 radical (unpaired) electrons. The van der Waals surface area contributed by atoms with Crippen LogP contribution in [0.4, 0.5) is 0 Å². The lowest BCUT2D eigenvalue weighted by molar-refractivity contribution is 0.724. The van der Waals surface area contributed by atoms with E-state index in [9.17, 15) is 0 Å². The first kappa shape index (κ1) is 10.0. The summed E-state index contributed by atoms with van der Waals surface area (Å²) < 4.78 is 0. The average molecular weight is 175 g/mol. The molecule has 0 saturated heterocycles. The number of hydrogen-bond acceptors (Lipinski definition) is 1. The second-order valence-corrected chi connectivity index (χ2v) is 3.11. The molecule has 0 atom stereocenters. The van der Waals surface area contributed by atoms with Crippen LogP contribution in [0.1, 0.15) is 17.5 Å². The highest BCUT2D eigenvalue weighted by Crippen LogP contribution is 2.11. The molecule has 0 saturated carbocycles. The Balaban J connectivity index is 2.59. The molecular formula is C12H17N. The molecule has 1 rings (SSSR count). The van der Waals surface area contributed by atoms with Gasteiger partial charge in [0.05, 0.1) is 0 Å². The molecule has 0 fully saturated rings. The molecule has 0 aliphatic carbocycles. The van der Waals surface area contributed by atoms with E-state index in [1.807, 2.05) is 13.1 Å². The van der Waals surface area contributed by atoms with Crippen LogP contribution in [0.2, 0.25) is 0 Å². The van der Waals surface area contributed by atoms with E-state index >= 15 is 0 Å². The van der Waals surface area contributed by atoms with E-state index in [1.54, 1.807) is 0 Å². The minimum atomic E-state index is 1.07. The van der Waals surface area contributed by atoms with Crippen molar-refractivity contribution < 1.29 is 0 Å². The van der Waals surface area contributed by atoms with Gasteiger partial charge in [0.15, 0.2) is 0 Å². The lowest BCUT2D eigenvalue weighted by atomic mass is 10.0. The lowest BCUT2D eigenvalue weighted by Crippen LogP contribution is -2.08. The maximum atomic E-state index is 3.80. The summed E-state index contributed by atoms with van der Waals surface area (Å²) >= 11 is 0. The van der Waals surface area contributed by atoms with Crippen molar-refractivity contribution in [2.45, 2.75) is 12.8 Å².